The van der Waals surface area contributed by atoms with Crippen LogP contribution in [0.2, 0.25) is 0 Å². The van der Waals surface area contributed by atoms with Gasteiger partial charge in [0.1, 0.15) is 0 Å². The van der Waals surface area contributed by atoms with E-state index in [9.17, 15) is 0 Å². The Balaban J connectivity index is 0.000000720. The Labute approximate surface area is 108 Å². The molecule has 0 aliphatic heterocycles. The van der Waals surface area contributed by atoms with Crippen LogP contribution in [0.1, 0.15) is 32.1 Å². The molecule has 1 saturated carbocycles. The van der Waals surface area contributed by atoms with Crippen molar-refractivity contribution in [1.29, 1.82) is 0 Å². The molecule has 73 valence electrons. The summed E-state index contributed by atoms with van der Waals surface area (Å²) in [4.78, 5) is 0. The van der Waals surface area contributed by atoms with Crippen LogP contribution in [-0.4, -0.2) is 0 Å². The van der Waals surface area contributed by atoms with Gasteiger partial charge in [-0.15, -0.1) is 24.8 Å². The molecule has 0 aromatic heterocycles. The first-order valence-electron chi connectivity index (χ1n) is 4.49. The van der Waals surface area contributed by atoms with Gasteiger partial charge in [0.25, 0.3) is 0 Å². The van der Waals surface area contributed by atoms with Crippen molar-refractivity contribution in [2.45, 2.75) is 32.1 Å². The van der Waals surface area contributed by atoms with E-state index in [-0.39, 0.29) is 24.8 Å². The Morgan fingerprint density at radius 1 is 1.15 bits per heavy atom. The maximum absolute atomic E-state index is 2.38. The molecule has 0 nitrogen and oxygen atoms in total. The van der Waals surface area contributed by atoms with Crippen molar-refractivity contribution in [3.8, 4) is 0 Å². The first-order valence-corrected chi connectivity index (χ1v) is 5.72. The molecule has 0 unspecified atom stereocenters. The van der Waals surface area contributed by atoms with E-state index in [2.05, 4.69) is 12.2 Å². The van der Waals surface area contributed by atoms with E-state index in [1.54, 1.807) is 33.6 Å². The second-order valence-corrected chi connectivity index (χ2v) is 5.01. The normalized spacial score (nSPS) is 21.5. The third-order valence-corrected chi connectivity index (χ3v) is 3.97. The van der Waals surface area contributed by atoms with E-state index in [1.165, 1.54) is 32.1 Å². The molecule has 2 aliphatic rings. The molecule has 0 spiro atoms. The Morgan fingerprint density at radius 3 is 2.23 bits per heavy atom. The fourth-order valence-electron chi connectivity index (χ4n) is 2.14. The molecule has 0 amide bonds. The summed E-state index contributed by atoms with van der Waals surface area (Å²) in [6.07, 6.45) is 11.8. The van der Waals surface area contributed by atoms with Crippen molar-refractivity contribution in [2.24, 2.45) is 5.92 Å². The van der Waals surface area contributed by atoms with Gasteiger partial charge in [-0.1, -0.05) is 0 Å². The second-order valence-electron chi connectivity index (χ2n) is 3.52. The number of hydrogen-bond donors (Lipinski definition) is 0. The summed E-state index contributed by atoms with van der Waals surface area (Å²) in [5.41, 5.74) is 1.71. The third kappa shape index (κ3) is 3.22. The summed E-state index contributed by atoms with van der Waals surface area (Å²) in [6, 6.07) is 0. The molecule has 0 N–H and O–H groups in total. The topological polar surface area (TPSA) is 0 Å². The monoisotopic (exact) mass is 295 g/mol. The Morgan fingerprint density at radius 2 is 1.77 bits per heavy atom. The van der Waals surface area contributed by atoms with Crippen LogP contribution in [0.5, 0.6) is 0 Å². The van der Waals surface area contributed by atoms with Crippen LogP contribution >= 0.6 is 24.8 Å². The summed E-state index contributed by atoms with van der Waals surface area (Å²) in [6.45, 7) is 0. The van der Waals surface area contributed by atoms with E-state index in [0.29, 0.717) is 0 Å². The second kappa shape index (κ2) is 6.43. The fourth-order valence-corrected chi connectivity index (χ4v) is 3.14. The van der Waals surface area contributed by atoms with E-state index in [0.717, 1.165) is 5.92 Å². The van der Waals surface area contributed by atoms with Crippen molar-refractivity contribution in [3.63, 3.8) is 0 Å². The van der Waals surface area contributed by atoms with Gasteiger partial charge in [-0.05, 0) is 0 Å². The molecular formula is C10H15Cl2Zr. The molecule has 0 aromatic rings. The predicted molar refractivity (Wildman–Crippen MR) is 57.2 cm³/mol. The summed E-state index contributed by atoms with van der Waals surface area (Å²) in [7, 11) is 0. The molecular weight excluding hydrogens is 282 g/mol. The van der Waals surface area contributed by atoms with Crippen LogP contribution in [0.4, 0.5) is 0 Å². The number of halogens is 2. The van der Waals surface area contributed by atoms with E-state index in [1.807, 2.05) is 0 Å². The molecule has 0 radical (unpaired) electrons. The average Bonchev–Trinajstić information content (AvgIpc) is 2.55. The van der Waals surface area contributed by atoms with Crippen molar-refractivity contribution in [2.75, 3.05) is 0 Å². The van der Waals surface area contributed by atoms with Gasteiger partial charge in [-0.3, -0.25) is 0 Å². The molecule has 0 aromatic carbocycles. The van der Waals surface area contributed by atoms with Crippen LogP contribution in [-0.2, 0) is 24.7 Å². The standard InChI is InChI=1S/C10H13.2ClH.Zr/c1-2-6-9(5-1)10-7-3-4-8-10;;;/h1,5,10H,2-4,7-8H2;2*1H;. The Kier molecular flexibility index (Phi) is 6.90. The molecule has 0 bridgehead atoms. The van der Waals surface area contributed by atoms with Crippen molar-refractivity contribution >= 4 is 24.8 Å². The molecule has 0 atom stereocenters. The minimum absolute atomic E-state index is 0. The van der Waals surface area contributed by atoms with Gasteiger partial charge in [0.15, 0.2) is 0 Å². The zero-order chi connectivity index (χ0) is 7.68. The van der Waals surface area contributed by atoms with Crippen LogP contribution < -0.4 is 0 Å². The van der Waals surface area contributed by atoms with Crippen LogP contribution in [0.25, 0.3) is 0 Å². The minimum atomic E-state index is 0. The van der Waals surface area contributed by atoms with E-state index >= 15 is 0 Å². The molecule has 13 heavy (non-hydrogen) atoms. The zero-order valence-electron chi connectivity index (χ0n) is 7.58. The maximum atomic E-state index is 2.38. The van der Waals surface area contributed by atoms with Gasteiger partial charge in [-0.25, -0.2) is 0 Å². The van der Waals surface area contributed by atoms with Crippen LogP contribution in [0.15, 0.2) is 21.0 Å². The molecule has 1 fully saturated rings. The molecule has 2 rings (SSSR count). The third-order valence-electron chi connectivity index (χ3n) is 2.76. The molecule has 2 aliphatic carbocycles. The van der Waals surface area contributed by atoms with Gasteiger partial charge in [0, 0.05) is 0 Å². The number of hydrogen-bond acceptors (Lipinski definition) is 0. The van der Waals surface area contributed by atoms with Crippen molar-refractivity contribution in [1.82, 2.24) is 0 Å². The summed E-state index contributed by atoms with van der Waals surface area (Å²) >= 11 is 1.64. The number of rotatable bonds is 1. The zero-order valence-corrected chi connectivity index (χ0v) is 11.7. The first kappa shape index (κ1) is 13.9. The van der Waals surface area contributed by atoms with Gasteiger partial charge < -0.3 is 0 Å². The summed E-state index contributed by atoms with van der Waals surface area (Å²) in [5.74, 6) is 0.947. The Bertz CT molecular complexity index is 215. The average molecular weight is 297 g/mol. The van der Waals surface area contributed by atoms with Gasteiger partial charge in [-0.2, -0.15) is 0 Å². The van der Waals surface area contributed by atoms with Gasteiger partial charge in [0.05, 0.1) is 0 Å². The van der Waals surface area contributed by atoms with E-state index < -0.39 is 0 Å². The SMILES string of the molecule is Cl.Cl.[Zr][C]1=C(C2CCCC2)C=CC1. The summed E-state index contributed by atoms with van der Waals surface area (Å²) in [5, 5.41) is 0. The van der Waals surface area contributed by atoms with Crippen LogP contribution in [0.3, 0.4) is 0 Å². The summed E-state index contributed by atoms with van der Waals surface area (Å²) < 4.78 is 1.71. The number of allylic oxidation sites excluding steroid dienone is 4. The predicted octanol–water partition coefficient (Wildman–Crippen LogP) is 3.78. The van der Waals surface area contributed by atoms with Crippen LogP contribution in [0, 0.1) is 5.92 Å². The first-order chi connectivity index (χ1) is 5.38. The van der Waals surface area contributed by atoms with Crippen molar-refractivity contribution in [3.05, 3.63) is 21.0 Å². The molecule has 0 heterocycles. The van der Waals surface area contributed by atoms with E-state index in [4.69, 9.17) is 0 Å². The van der Waals surface area contributed by atoms with Gasteiger partial charge in [0.2, 0.25) is 0 Å². The molecule has 3 heteroatoms. The Hall–Kier alpha value is 0.943. The van der Waals surface area contributed by atoms with Crippen molar-refractivity contribution < 1.29 is 24.7 Å². The fraction of sp³-hybridized carbons (Fsp3) is 0.600. The quantitative estimate of drug-likeness (QED) is 0.691. The van der Waals surface area contributed by atoms with Gasteiger partial charge >= 0.3 is 83.7 Å². The molecule has 0 saturated heterocycles.